The molecule has 2 rings (SSSR count). The summed E-state index contributed by atoms with van der Waals surface area (Å²) in [6.07, 6.45) is 23.5. The fourth-order valence-electron chi connectivity index (χ4n) is 6.43. The smallest absolute Gasteiger partial charge is 0.128 e. The molecule has 1 saturated carbocycles. The molecule has 3 nitrogen and oxygen atoms in total. The number of rotatable bonds is 8. The van der Waals surface area contributed by atoms with Crippen LogP contribution in [0.4, 0.5) is 0 Å². The number of methoxy groups -OCH3 is 1. The van der Waals surface area contributed by atoms with E-state index in [1.54, 1.807) is 12.7 Å². The first-order valence-corrected chi connectivity index (χ1v) is 11.6. The van der Waals surface area contributed by atoms with Crippen LogP contribution in [0.2, 0.25) is 0 Å². The number of hydrogen-bond acceptors (Lipinski definition) is 3. The minimum atomic E-state index is -1.08. The molecule has 0 spiro atoms. The molecule has 2 N–H and O–H groups in total. The summed E-state index contributed by atoms with van der Waals surface area (Å²) < 4.78 is 5.55. The van der Waals surface area contributed by atoms with E-state index in [4.69, 9.17) is 16.3 Å². The van der Waals surface area contributed by atoms with Crippen LogP contribution in [0.15, 0.2) is 23.8 Å². The van der Waals surface area contributed by atoms with Gasteiger partial charge in [0.25, 0.3) is 0 Å². The van der Waals surface area contributed by atoms with Gasteiger partial charge in [0, 0.05) is 19.6 Å². The molecule has 0 aromatic rings. The second kappa shape index (κ2) is 13.8. The van der Waals surface area contributed by atoms with E-state index in [9.17, 15) is 5.11 Å². The quantitative estimate of drug-likeness (QED) is 0.388. The fraction of sp³-hybridized carbons (Fsp3) is 0.714. The Morgan fingerprint density at radius 3 is 2.39 bits per heavy atom. The van der Waals surface area contributed by atoms with Gasteiger partial charge >= 0.3 is 0 Å². The largest absolute Gasteiger partial charge is 0.400 e. The van der Waals surface area contributed by atoms with Crippen molar-refractivity contribution in [2.45, 2.75) is 78.2 Å². The van der Waals surface area contributed by atoms with Crippen LogP contribution >= 0.6 is 0 Å². The summed E-state index contributed by atoms with van der Waals surface area (Å²) in [5.41, 5.74) is 1.82. The number of fused-ring (bicyclic) bond motifs is 1. The normalized spacial score (nSPS) is 31.5. The van der Waals surface area contributed by atoms with Crippen molar-refractivity contribution in [3.05, 3.63) is 23.8 Å². The maximum atomic E-state index is 11.2. The minimum Gasteiger partial charge on any atom is -0.400 e. The number of aliphatic hydroxyl groups excluding tert-OH is 1. The van der Waals surface area contributed by atoms with Gasteiger partial charge in [-0.3, -0.25) is 0 Å². The molecule has 2 aliphatic carbocycles. The van der Waals surface area contributed by atoms with Gasteiger partial charge in [0.2, 0.25) is 0 Å². The molecule has 0 aromatic carbocycles. The van der Waals surface area contributed by atoms with E-state index in [0.717, 1.165) is 45.8 Å². The summed E-state index contributed by atoms with van der Waals surface area (Å²) in [5, 5.41) is 18.2. The SMILES string of the molecule is C#C.C#CC(C)(O)C1(C)CC(CC=C)C2C(CCC)=C(COC)CCC2C1CC.CO. The summed E-state index contributed by atoms with van der Waals surface area (Å²) in [7, 11) is 2.81. The Balaban J connectivity index is 0.00000212. The third-order valence-corrected chi connectivity index (χ3v) is 7.77. The van der Waals surface area contributed by atoms with Gasteiger partial charge in [0.15, 0.2) is 0 Å². The van der Waals surface area contributed by atoms with Gasteiger partial charge < -0.3 is 14.9 Å². The summed E-state index contributed by atoms with van der Waals surface area (Å²) in [6, 6.07) is 0. The van der Waals surface area contributed by atoms with Gasteiger partial charge in [-0.05, 0) is 68.3 Å². The van der Waals surface area contributed by atoms with E-state index in [1.807, 2.05) is 6.92 Å². The average Bonchev–Trinajstić information content (AvgIpc) is 2.78. The first-order valence-electron chi connectivity index (χ1n) is 11.6. The van der Waals surface area contributed by atoms with Crippen molar-refractivity contribution in [1.82, 2.24) is 0 Å². The molecule has 0 heterocycles. The average molecular weight is 431 g/mol. The van der Waals surface area contributed by atoms with Crippen molar-refractivity contribution in [2.75, 3.05) is 20.8 Å². The first kappa shape index (κ1) is 29.5. The molecule has 6 unspecified atom stereocenters. The topological polar surface area (TPSA) is 49.7 Å². The number of hydrogen-bond donors (Lipinski definition) is 2. The molecule has 0 bridgehead atoms. The molecule has 0 saturated heterocycles. The van der Waals surface area contributed by atoms with Crippen molar-refractivity contribution < 1.29 is 14.9 Å². The Kier molecular flexibility index (Phi) is 13.1. The first-order chi connectivity index (χ1) is 14.8. The summed E-state index contributed by atoms with van der Waals surface area (Å²) in [6.45, 7) is 13.4. The number of terminal acetylenes is 2. The standard InChI is InChI=1S/C25H40O2.C2H2.CH4O/c1-8-12-18-16-24(5,25(6,26)11-4)22(10-3)21-15-14-19(17-27-7)20(13-9-2)23(18)21;2*1-2/h4,8,18,21-23,26H,1,9-10,12-17H2,2-3,5-7H3;1-2H;2H,1H3. The van der Waals surface area contributed by atoms with E-state index in [0.29, 0.717) is 23.7 Å². The van der Waals surface area contributed by atoms with Gasteiger partial charge in [-0.1, -0.05) is 51.2 Å². The highest BCUT2D eigenvalue weighted by atomic mass is 16.5. The lowest BCUT2D eigenvalue weighted by Crippen LogP contribution is -2.57. The highest BCUT2D eigenvalue weighted by molar-refractivity contribution is 5.28. The summed E-state index contributed by atoms with van der Waals surface area (Å²) in [5.74, 6) is 4.83. The molecule has 31 heavy (non-hydrogen) atoms. The van der Waals surface area contributed by atoms with Gasteiger partial charge in [-0.25, -0.2) is 0 Å². The molecule has 0 aliphatic heterocycles. The zero-order valence-electron chi connectivity index (χ0n) is 20.8. The van der Waals surface area contributed by atoms with Crippen LogP contribution in [0, 0.1) is 54.3 Å². The lowest BCUT2D eigenvalue weighted by Gasteiger charge is -2.59. The molecule has 176 valence electrons. The van der Waals surface area contributed by atoms with Crippen LogP contribution in [0.3, 0.4) is 0 Å². The number of aliphatic hydroxyl groups is 2. The Morgan fingerprint density at radius 2 is 1.94 bits per heavy atom. The van der Waals surface area contributed by atoms with Crippen LogP contribution < -0.4 is 0 Å². The minimum absolute atomic E-state index is 0.262. The van der Waals surface area contributed by atoms with Crippen molar-refractivity contribution in [1.29, 1.82) is 0 Å². The maximum absolute atomic E-state index is 11.2. The van der Waals surface area contributed by atoms with Crippen molar-refractivity contribution in [2.24, 2.45) is 29.1 Å². The lowest BCUT2D eigenvalue weighted by atomic mass is 9.46. The van der Waals surface area contributed by atoms with E-state index >= 15 is 0 Å². The summed E-state index contributed by atoms with van der Waals surface area (Å²) >= 11 is 0. The molecular weight excluding hydrogens is 384 g/mol. The number of ether oxygens (including phenoxy) is 1. The van der Waals surface area contributed by atoms with Crippen LogP contribution in [0.5, 0.6) is 0 Å². The molecule has 0 amide bonds. The van der Waals surface area contributed by atoms with Gasteiger partial charge in [0.05, 0.1) is 6.61 Å². The zero-order valence-corrected chi connectivity index (χ0v) is 20.8. The van der Waals surface area contributed by atoms with Crippen LogP contribution in [0.1, 0.15) is 72.6 Å². The predicted octanol–water partition coefficient (Wildman–Crippen LogP) is 5.63. The molecule has 0 radical (unpaired) electrons. The monoisotopic (exact) mass is 430 g/mol. The number of allylic oxidation sites excluding steroid dienone is 2. The second-order valence-corrected chi connectivity index (χ2v) is 9.18. The Hall–Kier alpha value is -1.52. The van der Waals surface area contributed by atoms with Crippen LogP contribution in [-0.4, -0.2) is 36.6 Å². The van der Waals surface area contributed by atoms with Crippen molar-refractivity contribution >= 4 is 0 Å². The molecular formula is C28H46O3. The van der Waals surface area contributed by atoms with Crippen molar-refractivity contribution in [3.63, 3.8) is 0 Å². The van der Waals surface area contributed by atoms with Gasteiger partial charge in [0.1, 0.15) is 5.60 Å². The highest BCUT2D eigenvalue weighted by Crippen LogP contribution is 2.61. The molecule has 1 fully saturated rings. The molecule has 6 atom stereocenters. The molecule has 3 heteroatoms. The van der Waals surface area contributed by atoms with Gasteiger partial charge in [-0.2, -0.15) is 0 Å². The Morgan fingerprint density at radius 1 is 1.32 bits per heavy atom. The maximum Gasteiger partial charge on any atom is 0.128 e. The molecule has 0 aromatic heterocycles. The predicted molar refractivity (Wildman–Crippen MR) is 132 cm³/mol. The van der Waals surface area contributed by atoms with Crippen LogP contribution in [0.25, 0.3) is 0 Å². The third-order valence-electron chi connectivity index (χ3n) is 7.77. The van der Waals surface area contributed by atoms with E-state index in [-0.39, 0.29) is 5.41 Å². The van der Waals surface area contributed by atoms with Crippen LogP contribution in [-0.2, 0) is 4.74 Å². The molecule has 2 aliphatic rings. The van der Waals surface area contributed by atoms with Crippen molar-refractivity contribution in [3.8, 4) is 25.2 Å². The fourth-order valence-corrected chi connectivity index (χ4v) is 6.43. The van der Waals surface area contributed by atoms with E-state index in [1.165, 1.54) is 18.4 Å². The second-order valence-electron chi connectivity index (χ2n) is 9.18. The summed E-state index contributed by atoms with van der Waals surface area (Å²) in [4.78, 5) is 0. The lowest BCUT2D eigenvalue weighted by molar-refractivity contribution is -0.126. The van der Waals surface area contributed by atoms with E-state index in [2.05, 4.69) is 52.2 Å². The highest BCUT2D eigenvalue weighted by Gasteiger charge is 2.57. The van der Waals surface area contributed by atoms with E-state index < -0.39 is 5.60 Å². The Labute approximate surface area is 192 Å². The zero-order chi connectivity index (χ0) is 24.2. The third kappa shape index (κ3) is 6.04. The Bertz CT molecular complexity index is 636. The van der Waals surface area contributed by atoms with Gasteiger partial charge in [-0.15, -0.1) is 25.8 Å².